The average Bonchev–Trinajstić information content (AvgIpc) is 2.35. The topological polar surface area (TPSA) is 65.5 Å². The van der Waals surface area contributed by atoms with Crippen LogP contribution in [-0.4, -0.2) is 23.8 Å². The molecule has 0 aliphatic rings. The normalized spacial score (nSPS) is 10.7. The fraction of sp³-hybridized carbons (Fsp3) is 0.250. The predicted molar refractivity (Wildman–Crippen MR) is 77.8 cm³/mol. The quantitative estimate of drug-likeness (QED) is 0.439. The minimum absolute atomic E-state index is 0.101. The van der Waals surface area contributed by atoms with Crippen LogP contribution in [-0.2, 0) is 4.79 Å². The Morgan fingerprint density at radius 2 is 2.06 bits per heavy atom. The first-order chi connectivity index (χ1) is 8.52. The highest BCUT2D eigenvalue weighted by Crippen LogP contribution is 2.11. The Morgan fingerprint density at radius 1 is 1.33 bits per heavy atom. The average molecular weight is 264 g/mol. The van der Waals surface area contributed by atoms with E-state index >= 15 is 0 Å². The van der Waals surface area contributed by atoms with E-state index in [1.165, 1.54) is 6.92 Å². The first kappa shape index (κ1) is 14.1. The lowest BCUT2D eigenvalue weighted by Crippen LogP contribution is -2.29. The van der Waals surface area contributed by atoms with Gasteiger partial charge in [0.05, 0.1) is 5.71 Å². The summed E-state index contributed by atoms with van der Waals surface area (Å²) < 4.78 is 0. The molecule has 18 heavy (non-hydrogen) atoms. The molecule has 0 aromatic heterocycles. The van der Waals surface area contributed by atoms with Gasteiger partial charge in [-0.2, -0.15) is 5.10 Å². The summed E-state index contributed by atoms with van der Waals surface area (Å²) in [5.74, 6) is -0.101. The molecule has 0 heterocycles. The van der Waals surface area contributed by atoms with Crippen LogP contribution < -0.4 is 16.1 Å². The van der Waals surface area contributed by atoms with Crippen molar-refractivity contribution in [1.29, 1.82) is 0 Å². The molecule has 0 aliphatic heterocycles. The minimum atomic E-state index is -0.101. The van der Waals surface area contributed by atoms with Gasteiger partial charge in [0.15, 0.2) is 5.11 Å². The van der Waals surface area contributed by atoms with Crippen LogP contribution in [0.4, 0.5) is 5.69 Å². The van der Waals surface area contributed by atoms with Crippen molar-refractivity contribution in [2.75, 3.05) is 12.4 Å². The minimum Gasteiger partial charge on any atom is -0.364 e. The molecule has 1 amide bonds. The van der Waals surface area contributed by atoms with Crippen molar-refractivity contribution < 1.29 is 4.79 Å². The number of hydrogen-bond donors (Lipinski definition) is 3. The summed E-state index contributed by atoms with van der Waals surface area (Å²) >= 11 is 4.92. The lowest BCUT2D eigenvalue weighted by Gasteiger charge is -2.06. The fourth-order valence-electron chi connectivity index (χ4n) is 1.28. The largest absolute Gasteiger partial charge is 0.364 e. The van der Waals surface area contributed by atoms with Gasteiger partial charge in [0.25, 0.3) is 0 Å². The van der Waals surface area contributed by atoms with Gasteiger partial charge in [-0.25, -0.2) is 0 Å². The molecule has 0 saturated heterocycles. The third-order valence-electron chi connectivity index (χ3n) is 2.15. The van der Waals surface area contributed by atoms with Crippen LogP contribution >= 0.6 is 12.2 Å². The van der Waals surface area contributed by atoms with Crippen molar-refractivity contribution in [3.05, 3.63) is 29.8 Å². The van der Waals surface area contributed by atoms with E-state index in [0.717, 1.165) is 17.0 Å². The Labute approximate surface area is 112 Å². The molecule has 0 aliphatic carbocycles. The van der Waals surface area contributed by atoms with E-state index < -0.39 is 0 Å². The number of carbonyl (C=O) groups is 1. The number of amides is 1. The van der Waals surface area contributed by atoms with Crippen LogP contribution in [0.5, 0.6) is 0 Å². The van der Waals surface area contributed by atoms with E-state index in [2.05, 4.69) is 21.2 Å². The molecule has 0 spiro atoms. The third-order valence-corrected chi connectivity index (χ3v) is 2.45. The Hall–Kier alpha value is -1.95. The molecule has 0 atom stereocenters. The molecule has 0 bridgehead atoms. The molecule has 0 saturated carbocycles. The summed E-state index contributed by atoms with van der Waals surface area (Å²) in [5.41, 5.74) is 5.14. The number of benzene rings is 1. The molecule has 5 nitrogen and oxygen atoms in total. The zero-order valence-corrected chi connectivity index (χ0v) is 11.4. The SMILES string of the molecule is CNC(=S)NN=C(C)c1cccc(NC(C)=O)c1. The Kier molecular flexibility index (Phi) is 5.26. The van der Waals surface area contributed by atoms with E-state index in [-0.39, 0.29) is 5.91 Å². The second-order valence-electron chi connectivity index (χ2n) is 3.65. The number of rotatable bonds is 3. The first-order valence-electron chi connectivity index (χ1n) is 5.43. The molecule has 3 N–H and O–H groups in total. The number of thiocarbonyl (C=S) groups is 1. The van der Waals surface area contributed by atoms with Crippen molar-refractivity contribution in [2.45, 2.75) is 13.8 Å². The van der Waals surface area contributed by atoms with Gasteiger partial charge in [-0.05, 0) is 36.8 Å². The summed E-state index contributed by atoms with van der Waals surface area (Å²) in [4.78, 5) is 11.0. The van der Waals surface area contributed by atoms with Gasteiger partial charge in [0, 0.05) is 19.7 Å². The van der Waals surface area contributed by atoms with E-state index in [9.17, 15) is 4.79 Å². The number of hydrazone groups is 1. The van der Waals surface area contributed by atoms with Crippen LogP contribution in [0.3, 0.4) is 0 Å². The van der Waals surface area contributed by atoms with E-state index in [1.54, 1.807) is 7.05 Å². The van der Waals surface area contributed by atoms with E-state index in [0.29, 0.717) is 5.11 Å². The fourth-order valence-corrected chi connectivity index (χ4v) is 1.33. The van der Waals surface area contributed by atoms with Crippen LogP contribution in [0.2, 0.25) is 0 Å². The monoisotopic (exact) mass is 264 g/mol. The second-order valence-corrected chi connectivity index (χ2v) is 4.06. The Balaban J connectivity index is 2.82. The smallest absolute Gasteiger partial charge is 0.221 e. The first-order valence-corrected chi connectivity index (χ1v) is 5.84. The van der Waals surface area contributed by atoms with Crippen molar-refractivity contribution in [3.63, 3.8) is 0 Å². The van der Waals surface area contributed by atoms with Crippen LogP contribution in [0.15, 0.2) is 29.4 Å². The van der Waals surface area contributed by atoms with Crippen LogP contribution in [0.25, 0.3) is 0 Å². The van der Waals surface area contributed by atoms with E-state index in [1.807, 2.05) is 31.2 Å². The number of nitrogens with one attached hydrogen (secondary N) is 3. The van der Waals surface area contributed by atoms with Crippen molar-refractivity contribution in [1.82, 2.24) is 10.7 Å². The molecule has 0 radical (unpaired) electrons. The molecular weight excluding hydrogens is 248 g/mol. The highest BCUT2D eigenvalue weighted by atomic mass is 32.1. The van der Waals surface area contributed by atoms with Gasteiger partial charge < -0.3 is 10.6 Å². The molecule has 96 valence electrons. The van der Waals surface area contributed by atoms with Gasteiger partial charge >= 0.3 is 0 Å². The Morgan fingerprint density at radius 3 is 2.67 bits per heavy atom. The lowest BCUT2D eigenvalue weighted by molar-refractivity contribution is -0.114. The maximum Gasteiger partial charge on any atom is 0.221 e. The van der Waals surface area contributed by atoms with Crippen molar-refractivity contribution in [2.24, 2.45) is 5.10 Å². The van der Waals surface area contributed by atoms with Gasteiger partial charge in [-0.3, -0.25) is 10.2 Å². The zero-order valence-electron chi connectivity index (χ0n) is 10.6. The van der Waals surface area contributed by atoms with E-state index in [4.69, 9.17) is 12.2 Å². The summed E-state index contributed by atoms with van der Waals surface area (Å²) in [6.45, 7) is 3.33. The maximum absolute atomic E-state index is 11.0. The number of anilines is 1. The lowest BCUT2D eigenvalue weighted by atomic mass is 10.1. The van der Waals surface area contributed by atoms with Crippen molar-refractivity contribution in [3.8, 4) is 0 Å². The molecule has 6 heteroatoms. The van der Waals surface area contributed by atoms with Gasteiger partial charge in [-0.15, -0.1) is 0 Å². The zero-order chi connectivity index (χ0) is 13.5. The molecule has 0 unspecified atom stereocenters. The summed E-state index contributed by atoms with van der Waals surface area (Å²) in [6.07, 6.45) is 0. The predicted octanol–water partition coefficient (Wildman–Crippen LogP) is 1.46. The van der Waals surface area contributed by atoms with Crippen LogP contribution in [0.1, 0.15) is 19.4 Å². The maximum atomic E-state index is 11.0. The second kappa shape index (κ2) is 6.70. The molecular formula is C12H16N4OS. The highest BCUT2D eigenvalue weighted by Gasteiger charge is 2.01. The number of nitrogens with zero attached hydrogens (tertiary/aromatic N) is 1. The third kappa shape index (κ3) is 4.50. The van der Waals surface area contributed by atoms with Crippen molar-refractivity contribution >= 4 is 34.6 Å². The number of carbonyl (C=O) groups excluding carboxylic acids is 1. The Bertz CT molecular complexity index is 485. The molecule has 1 aromatic rings. The summed E-state index contributed by atoms with van der Waals surface area (Å²) in [7, 11) is 1.72. The van der Waals surface area contributed by atoms with Gasteiger partial charge in [0.1, 0.15) is 0 Å². The van der Waals surface area contributed by atoms with Gasteiger partial charge in [0.2, 0.25) is 5.91 Å². The highest BCUT2D eigenvalue weighted by molar-refractivity contribution is 7.80. The summed E-state index contributed by atoms with van der Waals surface area (Å²) in [5, 5.41) is 10.1. The van der Waals surface area contributed by atoms with Crippen LogP contribution in [0, 0.1) is 0 Å². The molecule has 1 rings (SSSR count). The number of hydrogen-bond acceptors (Lipinski definition) is 3. The summed E-state index contributed by atoms with van der Waals surface area (Å²) in [6, 6.07) is 7.44. The molecule has 0 fully saturated rings. The standard InChI is InChI=1S/C12H16N4OS/c1-8(15-16-12(18)13-3)10-5-4-6-11(7-10)14-9(2)17/h4-7H,1-3H3,(H,14,17)(H2,13,16,18). The van der Waals surface area contributed by atoms with Gasteiger partial charge in [-0.1, -0.05) is 12.1 Å². The molecule has 1 aromatic carbocycles.